The molecule has 0 saturated heterocycles. The highest BCUT2D eigenvalue weighted by molar-refractivity contribution is 7.20. The highest BCUT2D eigenvalue weighted by atomic mass is 35.5. The molecule has 0 bridgehead atoms. The smallest absolute Gasteiger partial charge is 0.194 e. The molecule has 0 saturated carbocycles. The van der Waals surface area contributed by atoms with E-state index in [4.69, 9.17) is 11.6 Å². The first-order valence-electron chi connectivity index (χ1n) is 21.0. The summed E-state index contributed by atoms with van der Waals surface area (Å²) in [7, 11) is 0. The van der Waals surface area contributed by atoms with E-state index in [0.29, 0.717) is 5.88 Å². The Hall–Kier alpha value is -6.60. The second-order valence-electron chi connectivity index (χ2n) is 16.8. The van der Waals surface area contributed by atoms with Gasteiger partial charge in [-0.3, -0.25) is 0 Å². The molecule has 76 heavy (non-hydrogen) atoms. The summed E-state index contributed by atoms with van der Waals surface area (Å²) >= 11 is 6.08. The number of hydrogen-bond donors (Lipinski definition) is 0. The van der Waals surface area contributed by atoms with Crippen molar-refractivity contribution in [1.29, 1.82) is 0 Å². The van der Waals surface area contributed by atoms with Gasteiger partial charge >= 0.3 is 49.4 Å². The number of nitrogens with zero attached hydrogens (tertiary/aromatic N) is 1. The van der Waals surface area contributed by atoms with Crippen LogP contribution in [-0.2, 0) is 61.8 Å². The number of benzene rings is 6. The predicted octanol–water partition coefficient (Wildman–Crippen LogP) is 15.1. The molecule has 0 spiro atoms. The molecular weight excluding hydrogens is 1100 g/mol. The summed E-state index contributed by atoms with van der Waals surface area (Å²) in [5.74, 6) is 0.525. The molecule has 1 nitrogen and oxygen atoms in total. The van der Waals surface area contributed by atoms with E-state index in [1.54, 1.807) is 0 Å². The SMILES string of the molecule is ClCc1ccc2ccccc2[n+]1Cc1ccccc1.FC(F)(F)c1cc([B-](c2cc(C(F)(F)F)cc(C(F)(F)F)c2)(c2cc(C(F)(F)F)cc(C(F)(F)F)c2)c2cc(C(F)(F)F)cc(C(F)(F)F)c2)cc(C(F)(F)F)c1. The summed E-state index contributed by atoms with van der Waals surface area (Å²) in [5, 5.41) is 1.24. The van der Waals surface area contributed by atoms with Crippen LogP contribution in [0.5, 0.6) is 0 Å². The number of rotatable bonds is 7. The van der Waals surface area contributed by atoms with Crippen LogP contribution in [0.15, 0.2) is 140 Å². The maximum atomic E-state index is 14.2. The van der Waals surface area contributed by atoms with E-state index in [2.05, 4.69) is 65.2 Å². The zero-order valence-corrected chi connectivity index (χ0v) is 37.9. The van der Waals surface area contributed by atoms with Crippen LogP contribution in [-0.4, -0.2) is 6.15 Å². The van der Waals surface area contributed by atoms with E-state index >= 15 is 0 Å². The maximum Gasteiger partial charge on any atom is 0.416 e. The van der Waals surface area contributed by atoms with Crippen LogP contribution in [0.25, 0.3) is 10.9 Å². The van der Waals surface area contributed by atoms with Gasteiger partial charge < -0.3 is 0 Å². The lowest BCUT2D eigenvalue weighted by atomic mass is 9.12. The summed E-state index contributed by atoms with van der Waals surface area (Å²) in [6.45, 7) is 0.851. The fourth-order valence-corrected chi connectivity index (χ4v) is 8.68. The van der Waals surface area contributed by atoms with E-state index < -0.39 is 195 Å². The van der Waals surface area contributed by atoms with E-state index in [-0.39, 0.29) is 0 Å². The summed E-state index contributed by atoms with van der Waals surface area (Å²) in [4.78, 5) is 0. The number of halogens is 25. The molecule has 0 amide bonds. The first-order valence-corrected chi connectivity index (χ1v) is 21.5. The van der Waals surface area contributed by atoms with Gasteiger partial charge in [-0.25, -0.2) is 0 Å². The molecule has 0 aliphatic heterocycles. The molecule has 0 aliphatic carbocycles. The third-order valence-corrected chi connectivity index (χ3v) is 12.1. The van der Waals surface area contributed by atoms with Crippen LogP contribution in [0.2, 0.25) is 0 Å². The minimum absolute atomic E-state index is 0.525. The van der Waals surface area contributed by atoms with Gasteiger partial charge in [0.2, 0.25) is 5.52 Å². The molecular formula is C49H27BClF24N. The molecule has 0 unspecified atom stereocenters. The highest BCUT2D eigenvalue weighted by Gasteiger charge is 2.47. The molecule has 1 aromatic heterocycles. The van der Waals surface area contributed by atoms with Crippen molar-refractivity contribution in [3.8, 4) is 0 Å². The summed E-state index contributed by atoms with van der Waals surface area (Å²) in [6, 6.07) is 14.3. The summed E-state index contributed by atoms with van der Waals surface area (Å²) in [5.41, 5.74) is -26.5. The van der Waals surface area contributed by atoms with Crippen molar-refractivity contribution in [3.05, 3.63) is 195 Å². The van der Waals surface area contributed by atoms with Crippen LogP contribution in [0.4, 0.5) is 105 Å². The minimum Gasteiger partial charge on any atom is -0.194 e. The first kappa shape index (κ1) is 58.7. The van der Waals surface area contributed by atoms with Gasteiger partial charge in [0.15, 0.2) is 12.2 Å². The van der Waals surface area contributed by atoms with Crippen molar-refractivity contribution in [3.63, 3.8) is 0 Å². The molecule has 406 valence electrons. The first-order chi connectivity index (χ1) is 34.6. The van der Waals surface area contributed by atoms with Gasteiger partial charge in [0.25, 0.3) is 0 Å². The Morgan fingerprint density at radius 1 is 0.316 bits per heavy atom. The largest absolute Gasteiger partial charge is 0.416 e. The van der Waals surface area contributed by atoms with Gasteiger partial charge in [0.05, 0.1) is 44.5 Å². The average molecular weight is 1130 g/mol. The van der Waals surface area contributed by atoms with Gasteiger partial charge in [-0.2, -0.15) is 132 Å². The Kier molecular flexibility index (Phi) is 15.8. The quantitative estimate of drug-likeness (QED) is 0.0648. The molecule has 7 aromatic rings. The third-order valence-electron chi connectivity index (χ3n) is 11.8. The molecule has 1 heterocycles. The lowest BCUT2D eigenvalue weighted by Crippen LogP contribution is -2.75. The molecule has 27 heteroatoms. The van der Waals surface area contributed by atoms with Crippen LogP contribution >= 0.6 is 11.6 Å². The van der Waals surface area contributed by atoms with Gasteiger partial charge in [0, 0.05) is 23.1 Å². The third kappa shape index (κ3) is 13.0. The van der Waals surface area contributed by atoms with Gasteiger partial charge in [-0.15, -0.1) is 11.6 Å². The second kappa shape index (κ2) is 20.4. The van der Waals surface area contributed by atoms with Crippen molar-refractivity contribution >= 4 is 50.5 Å². The van der Waals surface area contributed by atoms with Crippen molar-refractivity contribution < 1.29 is 110 Å². The monoisotopic (exact) mass is 1130 g/mol. The van der Waals surface area contributed by atoms with E-state index in [0.717, 1.165) is 12.2 Å². The zero-order valence-electron chi connectivity index (χ0n) is 37.2. The number of hydrogen-bond acceptors (Lipinski definition) is 0. The average Bonchev–Trinajstić information content (AvgIpc) is 3.30. The Morgan fingerprint density at radius 3 is 0.842 bits per heavy atom. The lowest BCUT2D eigenvalue weighted by Gasteiger charge is -2.46. The maximum absolute atomic E-state index is 14.2. The Balaban J connectivity index is 0.000000408. The predicted molar refractivity (Wildman–Crippen MR) is 229 cm³/mol. The molecule has 7 rings (SSSR count). The molecule has 0 N–H and O–H groups in total. The van der Waals surface area contributed by atoms with Crippen LogP contribution in [0.1, 0.15) is 55.8 Å². The number of fused-ring (bicyclic) bond motifs is 1. The minimum atomic E-state index is -6.13. The molecule has 0 aliphatic rings. The van der Waals surface area contributed by atoms with Crippen molar-refractivity contribution in [1.82, 2.24) is 0 Å². The fourth-order valence-electron chi connectivity index (χ4n) is 8.44. The Morgan fingerprint density at radius 2 is 0.579 bits per heavy atom. The van der Waals surface area contributed by atoms with Crippen LogP contribution in [0.3, 0.4) is 0 Å². The molecule has 0 atom stereocenters. The lowest BCUT2D eigenvalue weighted by molar-refractivity contribution is -0.669. The second-order valence-corrected chi connectivity index (χ2v) is 17.1. The number of pyridine rings is 1. The Bertz CT molecular complexity index is 2780. The summed E-state index contributed by atoms with van der Waals surface area (Å²) < 4.78 is 343. The van der Waals surface area contributed by atoms with Gasteiger partial charge in [0.1, 0.15) is 12.0 Å². The zero-order chi connectivity index (χ0) is 57.0. The fraction of sp³-hybridized carbons (Fsp3) is 0.204. The highest BCUT2D eigenvalue weighted by Crippen LogP contribution is 2.41. The van der Waals surface area contributed by atoms with Crippen molar-refractivity contribution in [2.45, 2.75) is 61.8 Å². The summed E-state index contributed by atoms with van der Waals surface area (Å²) in [6.07, 6.45) is -54.8. The number of aromatic nitrogens is 1. The van der Waals surface area contributed by atoms with E-state index in [1.165, 1.54) is 16.5 Å². The topological polar surface area (TPSA) is 3.88 Å². The number of alkyl halides is 25. The van der Waals surface area contributed by atoms with Crippen molar-refractivity contribution in [2.75, 3.05) is 0 Å². The number of para-hydroxylation sites is 1. The van der Waals surface area contributed by atoms with Crippen molar-refractivity contribution in [2.24, 2.45) is 0 Å². The van der Waals surface area contributed by atoms with Crippen LogP contribution < -0.4 is 26.4 Å². The normalized spacial score (nSPS) is 13.4. The van der Waals surface area contributed by atoms with Crippen LogP contribution in [0, 0.1) is 0 Å². The van der Waals surface area contributed by atoms with E-state index in [1.807, 2.05) is 6.07 Å². The molecule has 6 aromatic carbocycles. The van der Waals surface area contributed by atoms with E-state index in [9.17, 15) is 105 Å². The van der Waals surface area contributed by atoms with Gasteiger partial charge in [-0.05, 0) is 36.4 Å². The molecule has 0 radical (unpaired) electrons. The molecule has 0 fully saturated rings. The van der Waals surface area contributed by atoms with Gasteiger partial charge in [-0.1, -0.05) is 91.0 Å². The standard InChI is InChI=1S/C32H12BF24.C17H15ClN/c34-25(35,36)13-1-14(26(37,38)39)6-21(5-13)33(22-7-15(27(40,41)42)2-16(8-22)28(43,44)45,23-9-17(29(46,47)48)3-18(10-23)30(49,50)51)24-11-19(31(52,53)54)4-20(12-24)32(55,56)57;18-12-16-11-10-15-8-4-5-9-17(15)19(16)13-14-6-2-1-3-7-14/h1-12H;1-11H,12-13H2/q-1;+1. The Labute approximate surface area is 416 Å².